The molecule has 0 radical (unpaired) electrons. The highest BCUT2D eigenvalue weighted by molar-refractivity contribution is 6.05. The van der Waals surface area contributed by atoms with E-state index in [4.69, 9.17) is 0 Å². The fourth-order valence-corrected chi connectivity index (χ4v) is 2.86. The second-order valence-electron chi connectivity index (χ2n) is 6.59. The molecule has 10 heteroatoms. The molecule has 3 rings (SSSR count). The number of amides is 2. The minimum absolute atomic E-state index is 0.0931. The number of benzene rings is 3. The quantitative estimate of drug-likeness (QED) is 0.302. The average Bonchev–Trinajstić information content (AvgIpc) is 2.80. The number of aliphatic hydroxyl groups is 1. The highest BCUT2D eigenvalue weighted by Gasteiger charge is 2.30. The van der Waals surface area contributed by atoms with Crippen molar-refractivity contribution in [1.82, 2.24) is 5.32 Å². The minimum Gasteiger partial charge on any atom is -0.378 e. The van der Waals surface area contributed by atoms with E-state index in [0.29, 0.717) is 0 Å². The van der Waals surface area contributed by atoms with Crippen LogP contribution in [0.5, 0.6) is 0 Å². The molecule has 32 heavy (non-hydrogen) atoms. The van der Waals surface area contributed by atoms with Gasteiger partial charge in [0, 0.05) is 17.8 Å². The van der Waals surface area contributed by atoms with E-state index in [0.717, 1.165) is 5.56 Å². The first kappa shape index (κ1) is 22.9. The summed E-state index contributed by atoms with van der Waals surface area (Å²) in [4.78, 5) is 24.6. The first-order valence-electron chi connectivity index (χ1n) is 9.13. The van der Waals surface area contributed by atoms with Crippen molar-refractivity contribution in [3.05, 3.63) is 100 Å². The summed E-state index contributed by atoms with van der Waals surface area (Å²) in [6.07, 6.45) is -1.80. The van der Waals surface area contributed by atoms with E-state index in [1.165, 1.54) is 24.3 Å². The molecule has 0 aliphatic rings. The minimum atomic E-state index is -2.40. The third-order valence-corrected chi connectivity index (χ3v) is 4.50. The lowest BCUT2D eigenvalue weighted by Gasteiger charge is -2.17. The van der Waals surface area contributed by atoms with Gasteiger partial charge >= 0.3 is 0 Å². The van der Waals surface area contributed by atoms with Gasteiger partial charge in [0.05, 0.1) is 0 Å². The lowest BCUT2D eigenvalue weighted by Crippen LogP contribution is -2.29. The van der Waals surface area contributed by atoms with Crippen LogP contribution in [0.1, 0.15) is 27.6 Å². The Balaban J connectivity index is 1.83. The Morgan fingerprint density at radius 1 is 0.781 bits per heavy atom. The van der Waals surface area contributed by atoms with Crippen LogP contribution < -0.4 is 10.6 Å². The molecule has 3 N–H and O–H groups in total. The van der Waals surface area contributed by atoms with Crippen LogP contribution in [-0.2, 0) is 11.3 Å². The van der Waals surface area contributed by atoms with Crippen LogP contribution in [0.15, 0.2) is 54.6 Å². The number of nitrogens with one attached hydrogen (secondary N) is 2. The van der Waals surface area contributed by atoms with Crippen LogP contribution >= 0.6 is 0 Å². The van der Waals surface area contributed by atoms with Gasteiger partial charge in [-0.3, -0.25) is 9.59 Å². The maximum atomic E-state index is 13.9. The average molecular weight is 450 g/mol. The molecule has 166 valence electrons. The molecular formula is C22H15F5N2O3. The standard InChI is InChI=1S/C22H15F5N2O3/c23-15-14(16(24)18(26)19(27)17(15)25)21(31)29-13-9-5-4-8-12(13)20(30)22(32)28-10-11-6-2-1-3-7-11/h1-9,20,30H,10H2,(H,28,32)(H,29,31). The third kappa shape index (κ3) is 4.59. The number of anilines is 1. The monoisotopic (exact) mass is 450 g/mol. The number of para-hydroxylation sites is 1. The molecule has 5 nitrogen and oxygen atoms in total. The van der Waals surface area contributed by atoms with E-state index in [1.807, 2.05) is 5.32 Å². The summed E-state index contributed by atoms with van der Waals surface area (Å²) in [5.74, 6) is -14.1. The van der Waals surface area contributed by atoms with Crippen LogP contribution in [0.2, 0.25) is 0 Å². The Bertz CT molecular complexity index is 1140. The molecule has 1 unspecified atom stereocenters. The van der Waals surface area contributed by atoms with Gasteiger partial charge in [-0.1, -0.05) is 48.5 Å². The van der Waals surface area contributed by atoms with Crippen molar-refractivity contribution in [2.24, 2.45) is 0 Å². The van der Waals surface area contributed by atoms with Crippen molar-refractivity contribution in [1.29, 1.82) is 0 Å². The summed E-state index contributed by atoms with van der Waals surface area (Å²) in [5, 5.41) is 14.8. The van der Waals surface area contributed by atoms with Gasteiger partial charge < -0.3 is 15.7 Å². The van der Waals surface area contributed by atoms with Crippen LogP contribution in [-0.4, -0.2) is 16.9 Å². The summed E-state index contributed by atoms with van der Waals surface area (Å²) >= 11 is 0. The second kappa shape index (κ2) is 9.56. The van der Waals surface area contributed by atoms with E-state index >= 15 is 0 Å². The van der Waals surface area contributed by atoms with Crippen LogP contribution in [0.3, 0.4) is 0 Å². The van der Waals surface area contributed by atoms with Crippen molar-refractivity contribution >= 4 is 17.5 Å². The molecule has 0 spiro atoms. The molecule has 0 bridgehead atoms. The zero-order valence-electron chi connectivity index (χ0n) is 16.1. The fourth-order valence-electron chi connectivity index (χ4n) is 2.86. The van der Waals surface area contributed by atoms with Gasteiger partial charge in [0.25, 0.3) is 11.8 Å². The van der Waals surface area contributed by atoms with Crippen LogP contribution in [0, 0.1) is 29.1 Å². The summed E-state index contributed by atoms with van der Waals surface area (Å²) < 4.78 is 67.8. The summed E-state index contributed by atoms with van der Waals surface area (Å²) in [5.41, 5.74) is -1.36. The molecule has 0 heterocycles. The highest BCUT2D eigenvalue weighted by Crippen LogP contribution is 2.27. The van der Waals surface area contributed by atoms with Crippen molar-refractivity contribution in [2.75, 3.05) is 5.32 Å². The van der Waals surface area contributed by atoms with Gasteiger partial charge in [-0.15, -0.1) is 0 Å². The molecule has 3 aromatic carbocycles. The summed E-state index contributed by atoms with van der Waals surface area (Å²) in [7, 11) is 0. The molecule has 0 fully saturated rings. The number of hydrogen-bond donors (Lipinski definition) is 3. The maximum absolute atomic E-state index is 13.9. The number of carbonyl (C=O) groups is 2. The molecule has 0 aliphatic carbocycles. The number of halogens is 5. The van der Waals surface area contributed by atoms with Crippen LogP contribution in [0.4, 0.5) is 27.6 Å². The normalized spacial score (nSPS) is 11.7. The number of aliphatic hydroxyl groups excluding tert-OH is 1. The summed E-state index contributed by atoms with van der Waals surface area (Å²) in [6.45, 7) is 0.0931. The molecule has 0 saturated carbocycles. The van der Waals surface area contributed by atoms with E-state index < -0.39 is 52.6 Å². The Hall–Kier alpha value is -3.79. The predicted molar refractivity (Wildman–Crippen MR) is 104 cm³/mol. The van der Waals surface area contributed by atoms with Crippen molar-refractivity contribution in [2.45, 2.75) is 12.6 Å². The number of carbonyl (C=O) groups excluding carboxylic acids is 2. The van der Waals surface area contributed by atoms with E-state index in [9.17, 15) is 36.6 Å². The van der Waals surface area contributed by atoms with Gasteiger partial charge in [-0.2, -0.15) is 0 Å². The second-order valence-corrected chi connectivity index (χ2v) is 6.59. The molecule has 0 saturated heterocycles. The Morgan fingerprint density at radius 2 is 1.31 bits per heavy atom. The largest absolute Gasteiger partial charge is 0.378 e. The summed E-state index contributed by atoms with van der Waals surface area (Å²) in [6, 6.07) is 14.0. The number of hydrogen-bond acceptors (Lipinski definition) is 3. The van der Waals surface area contributed by atoms with Crippen molar-refractivity contribution in [3.63, 3.8) is 0 Å². The molecule has 2 amide bonds. The van der Waals surface area contributed by atoms with E-state index in [1.54, 1.807) is 30.3 Å². The van der Waals surface area contributed by atoms with Gasteiger partial charge in [-0.05, 0) is 11.6 Å². The zero-order chi connectivity index (χ0) is 23.4. The van der Waals surface area contributed by atoms with Gasteiger partial charge in [0.2, 0.25) is 5.82 Å². The van der Waals surface area contributed by atoms with Crippen molar-refractivity contribution in [3.8, 4) is 0 Å². The lowest BCUT2D eigenvalue weighted by molar-refractivity contribution is -0.129. The smallest absolute Gasteiger partial charge is 0.261 e. The third-order valence-electron chi connectivity index (χ3n) is 4.50. The molecule has 1 atom stereocenters. The topological polar surface area (TPSA) is 78.4 Å². The van der Waals surface area contributed by atoms with Gasteiger partial charge in [-0.25, -0.2) is 22.0 Å². The first-order valence-corrected chi connectivity index (χ1v) is 9.13. The fraction of sp³-hybridized carbons (Fsp3) is 0.0909. The van der Waals surface area contributed by atoms with E-state index in [2.05, 4.69) is 5.32 Å². The highest BCUT2D eigenvalue weighted by atomic mass is 19.2. The molecule has 0 aliphatic heterocycles. The van der Waals surface area contributed by atoms with Crippen molar-refractivity contribution < 1.29 is 36.6 Å². The SMILES string of the molecule is O=C(Nc1ccccc1C(O)C(=O)NCc1ccccc1)c1c(F)c(F)c(F)c(F)c1F. The van der Waals surface area contributed by atoms with Gasteiger partial charge in [0.15, 0.2) is 29.4 Å². The van der Waals surface area contributed by atoms with E-state index in [-0.39, 0.29) is 17.8 Å². The maximum Gasteiger partial charge on any atom is 0.261 e. The zero-order valence-corrected chi connectivity index (χ0v) is 16.1. The van der Waals surface area contributed by atoms with Gasteiger partial charge in [0.1, 0.15) is 5.56 Å². The molecular weight excluding hydrogens is 435 g/mol. The Kier molecular flexibility index (Phi) is 6.84. The number of rotatable bonds is 6. The lowest BCUT2D eigenvalue weighted by atomic mass is 10.1. The Morgan fingerprint density at radius 3 is 1.94 bits per heavy atom. The Labute approximate surface area is 178 Å². The molecule has 3 aromatic rings. The predicted octanol–water partition coefficient (Wildman–Crippen LogP) is 3.98. The molecule has 0 aromatic heterocycles. The van der Waals surface area contributed by atoms with Crippen LogP contribution in [0.25, 0.3) is 0 Å². The first-order chi connectivity index (χ1) is 15.2.